The Morgan fingerprint density at radius 1 is 0.435 bits per heavy atom. The summed E-state index contributed by atoms with van der Waals surface area (Å²) in [7, 11) is 0. The van der Waals surface area contributed by atoms with Crippen molar-refractivity contribution in [3.05, 3.63) is 293 Å². The van der Waals surface area contributed by atoms with Crippen LogP contribution in [0.1, 0.15) is 123 Å². The molecule has 0 amide bonds. The summed E-state index contributed by atoms with van der Waals surface area (Å²) in [6, 6.07) is 49.4. The van der Waals surface area contributed by atoms with E-state index in [-0.39, 0.29) is 98.1 Å². The molecule has 0 aliphatic heterocycles. The Labute approximate surface area is 743 Å². The third-order valence-corrected chi connectivity index (χ3v) is 16.5. The molecular weight excluding hydrogens is 1760 g/mol. The summed E-state index contributed by atoms with van der Waals surface area (Å²) >= 11 is 6.58. The number of aliphatic hydroxyl groups excluding tert-OH is 1. The number of Topliss-reactive ketones (excluding diaryl/α,β-unsaturated/α-hetero) is 1. The number of ketones is 2. The summed E-state index contributed by atoms with van der Waals surface area (Å²) in [5, 5.41) is 47.7. The molecule has 650 valence electrons. The van der Waals surface area contributed by atoms with Crippen LogP contribution in [0.25, 0.3) is 68.1 Å². The number of aryl methyl sites for hydroxylation is 5. The SMILES string of the molecule is Brc1ccc2ncnn2c1.C.C.C.C.C.CC(=O)c1ccc2ncnn2c1.CCOC(=O)C(=O)C=C(O)c1ccc2ncnn2c1.CCOC(=O)c1cc(-c2ccc3ncnn3c2)n(-c2cccc(C)n2)n1.Cc1cccc(-n2nc(C(=O)O)cc2-c2ccc3ncnn3c2)n1.Cc1cccc(Br)n1.Cc1cccc(NN)n1.Cc1cccc(NN)n1.Cl.Cl. The number of aromatic carboxylic acids is 1. The first-order valence-electron chi connectivity index (χ1n) is 35.1. The fourth-order valence-electron chi connectivity index (χ4n) is 10.2. The Bertz CT molecular complexity index is 6260. The molecule has 0 radical (unpaired) electrons. The van der Waals surface area contributed by atoms with E-state index in [2.05, 4.69) is 133 Å². The van der Waals surface area contributed by atoms with Crippen molar-refractivity contribution < 1.29 is 43.7 Å². The van der Waals surface area contributed by atoms with E-state index in [1.54, 1.807) is 85.4 Å². The van der Waals surface area contributed by atoms with Crippen molar-refractivity contribution in [3.8, 4) is 34.2 Å². The average Bonchev–Trinajstić information content (AvgIpc) is 1.64. The number of fused-ring (bicyclic) bond motifs is 5. The van der Waals surface area contributed by atoms with Crippen LogP contribution in [0.4, 0.5) is 11.6 Å². The summed E-state index contributed by atoms with van der Waals surface area (Å²) in [6.07, 6.45) is 16.8. The zero-order valence-corrected chi connectivity index (χ0v) is 69.4. The molecule has 0 aliphatic rings. The number of hydrogen-bond donors (Lipinski definition) is 6. The molecule has 17 aromatic heterocycles. The Balaban J connectivity index is 0.000000376. The predicted octanol–water partition coefficient (Wildman–Crippen LogP) is 15.2. The van der Waals surface area contributed by atoms with Gasteiger partial charge in [-0.15, -0.1) is 24.8 Å². The van der Waals surface area contributed by atoms with Gasteiger partial charge in [-0.25, -0.2) is 108 Å². The van der Waals surface area contributed by atoms with Crippen molar-refractivity contribution >= 4 is 132 Å². The number of nitrogens with two attached hydrogens (primary N) is 2. The Morgan fingerprint density at radius 2 is 0.798 bits per heavy atom. The molecule has 17 heterocycles. The van der Waals surface area contributed by atoms with Gasteiger partial charge >= 0.3 is 17.9 Å². The number of nitrogens with zero attached hydrogens (tertiary/aromatic N) is 24. The number of carboxylic acids is 1. The number of anilines is 2. The third-order valence-electron chi connectivity index (χ3n) is 15.6. The second kappa shape index (κ2) is 50.6. The Kier molecular flexibility index (Phi) is 42.4. The summed E-state index contributed by atoms with van der Waals surface area (Å²) in [6.45, 7) is 14.8. The van der Waals surface area contributed by atoms with Crippen LogP contribution in [-0.2, 0) is 19.1 Å². The van der Waals surface area contributed by atoms with Gasteiger partial charge in [0.25, 0.3) is 5.78 Å². The molecule has 0 saturated carbocycles. The highest BCUT2D eigenvalue weighted by atomic mass is 79.9. The standard InChI is InChI=1S/C18H16N6O2.C16H12N6O2.C12H11N3O4.C8H7N3O.C6H4BrN3.C6H6BrN.2C6H9N3.5CH4.2ClH/c1-3-26-18(25)14-9-15(13-7-8-16-19-11-20-23(16)10-13)24(22-14)17-6-4-5-12(2)21-17;1-10-3-2-4-15(19-10)22-13(7-12(20-22)16(23)24)11-5-6-14-17-9-18-21(14)8-11;1-2-19-12(18)10(17)5-9(16)8-3-4-11-13-7-14-15(11)6-8;1-6(12)7-2-3-8-9-5-10-11(8)4-7;7-5-1-2-6-8-4-9-10(6)3-5;1-5-3-2-4-6(7)8-5;2*1-5-3-2-4-6(8-5)9-7;;;;;;;/h4-11H,3H2,1-2H3;2-9H,1H3,(H,23,24);3-7,16H,2H2,1H3;2-5H,1H3;1-4H;2-4H,1H3;2*2-4H,7H2,1H3,(H,8,9);5*1H4;2*1H. The van der Waals surface area contributed by atoms with Gasteiger partial charge in [0.2, 0.25) is 0 Å². The summed E-state index contributed by atoms with van der Waals surface area (Å²) in [4.78, 5) is 98.3. The van der Waals surface area contributed by atoms with Crippen molar-refractivity contribution in [2.24, 2.45) is 11.7 Å². The molecule has 0 atom stereocenters. The highest BCUT2D eigenvalue weighted by molar-refractivity contribution is 9.10. The van der Waals surface area contributed by atoms with E-state index in [0.717, 1.165) is 71.7 Å². The summed E-state index contributed by atoms with van der Waals surface area (Å²) in [5.41, 5.74) is 17.3. The lowest BCUT2D eigenvalue weighted by Crippen LogP contribution is -2.15. The highest BCUT2D eigenvalue weighted by Gasteiger charge is 2.21. The van der Waals surface area contributed by atoms with Crippen LogP contribution in [0, 0.1) is 34.6 Å². The molecule has 124 heavy (non-hydrogen) atoms. The molecule has 0 bridgehead atoms. The van der Waals surface area contributed by atoms with Gasteiger partial charge < -0.3 is 30.5 Å². The van der Waals surface area contributed by atoms with Crippen LogP contribution in [0.2, 0.25) is 0 Å². The van der Waals surface area contributed by atoms with Crippen molar-refractivity contribution in [2.45, 2.75) is 92.5 Å². The lowest BCUT2D eigenvalue weighted by atomic mass is 10.2. The molecular formula is C83H96Br2Cl2N28O9. The van der Waals surface area contributed by atoms with E-state index in [1.807, 2.05) is 168 Å². The quantitative estimate of drug-likeness (QED) is 0.00860. The maximum Gasteiger partial charge on any atom is 0.379 e. The van der Waals surface area contributed by atoms with Crippen LogP contribution >= 0.6 is 56.7 Å². The molecule has 0 saturated heterocycles. The van der Waals surface area contributed by atoms with E-state index in [9.17, 15) is 34.2 Å². The third kappa shape index (κ3) is 29.2. The summed E-state index contributed by atoms with van der Waals surface area (Å²) in [5.74, 6) is 9.00. The number of carbonyl (C=O) groups excluding carboxylic acids is 4. The Hall–Kier alpha value is -14.4. The topological polar surface area (TPSA) is 471 Å². The van der Waals surface area contributed by atoms with Crippen LogP contribution in [0.5, 0.6) is 0 Å². The van der Waals surface area contributed by atoms with Crippen molar-refractivity contribution in [3.63, 3.8) is 0 Å². The predicted molar refractivity (Wildman–Crippen MR) is 486 cm³/mol. The van der Waals surface area contributed by atoms with Gasteiger partial charge in [-0.2, -0.15) is 35.7 Å². The van der Waals surface area contributed by atoms with Crippen molar-refractivity contribution in [1.29, 1.82) is 0 Å². The van der Waals surface area contributed by atoms with Gasteiger partial charge in [-0.3, -0.25) is 9.59 Å². The first-order chi connectivity index (χ1) is 56.4. The highest BCUT2D eigenvalue weighted by Crippen LogP contribution is 2.27. The summed E-state index contributed by atoms with van der Waals surface area (Å²) < 4.78 is 22.7. The molecule has 41 heteroatoms. The van der Waals surface area contributed by atoms with Crippen LogP contribution in [-0.4, -0.2) is 170 Å². The molecule has 17 rings (SSSR count). The molecule has 17 aromatic rings. The van der Waals surface area contributed by atoms with Crippen molar-refractivity contribution in [2.75, 3.05) is 24.1 Å². The first kappa shape index (κ1) is 104. The fourth-order valence-corrected chi connectivity index (χ4v) is 10.9. The maximum absolute atomic E-state index is 12.2. The molecule has 37 nitrogen and oxygen atoms in total. The number of hydrazine groups is 2. The minimum absolute atomic E-state index is 0. The van der Waals surface area contributed by atoms with Crippen LogP contribution in [0.3, 0.4) is 0 Å². The van der Waals surface area contributed by atoms with Gasteiger partial charge in [0, 0.05) is 92.3 Å². The van der Waals surface area contributed by atoms with Gasteiger partial charge in [-0.05, 0) is 221 Å². The number of hydrogen-bond acceptors (Lipinski definition) is 29. The lowest BCUT2D eigenvalue weighted by Gasteiger charge is -2.07. The number of rotatable bonds is 14. The van der Waals surface area contributed by atoms with Gasteiger partial charge in [0.15, 0.2) is 57.0 Å². The number of aliphatic hydroxyl groups is 1. The molecule has 8 N–H and O–H groups in total. The second-order valence-corrected chi connectivity index (χ2v) is 25.9. The minimum Gasteiger partial charge on any atom is -0.507 e. The minimum atomic E-state index is -1.09. The molecule has 0 fully saturated rings. The number of pyridine rings is 10. The van der Waals surface area contributed by atoms with Crippen LogP contribution in [0.15, 0.2) is 242 Å². The number of nitrogen functional groups attached to an aromatic ring is 2. The number of aromatic nitrogens is 24. The van der Waals surface area contributed by atoms with Crippen molar-refractivity contribution in [1.82, 2.24) is 117 Å². The molecule has 0 aliphatic carbocycles. The number of halogens is 4. The molecule has 0 spiro atoms. The fraction of sp³-hybridized carbons (Fsp3) is 0.181. The van der Waals surface area contributed by atoms with Crippen LogP contribution < -0.4 is 22.5 Å². The van der Waals surface area contributed by atoms with E-state index in [0.29, 0.717) is 57.1 Å². The smallest absolute Gasteiger partial charge is 0.379 e. The number of esters is 2. The zero-order valence-electron chi connectivity index (χ0n) is 64.6. The zero-order chi connectivity index (χ0) is 83.5. The Morgan fingerprint density at radius 3 is 1.18 bits per heavy atom. The molecule has 0 unspecified atom stereocenters. The average molecular weight is 1860 g/mol. The number of ether oxygens (including phenoxy) is 2. The molecule has 0 aromatic carbocycles. The first-order valence-corrected chi connectivity index (χ1v) is 36.7. The largest absolute Gasteiger partial charge is 0.507 e. The van der Waals surface area contributed by atoms with Gasteiger partial charge in [-0.1, -0.05) is 67.5 Å². The van der Waals surface area contributed by atoms with E-state index in [4.69, 9.17) is 16.4 Å². The van der Waals surface area contributed by atoms with Gasteiger partial charge in [0.05, 0.1) is 24.6 Å². The maximum atomic E-state index is 12.2. The normalized spacial score (nSPS) is 9.98. The van der Waals surface area contributed by atoms with E-state index >= 15 is 0 Å². The number of nitrogens with one attached hydrogen (secondary N) is 2. The number of carboxylic acid groups (broad SMARTS) is 1. The number of carbonyl (C=O) groups is 5. The monoisotopic (exact) mass is 1860 g/mol. The van der Waals surface area contributed by atoms with E-state index in [1.165, 1.54) is 60.0 Å². The van der Waals surface area contributed by atoms with E-state index < -0.39 is 23.7 Å². The van der Waals surface area contributed by atoms with Gasteiger partial charge in [0.1, 0.15) is 53.6 Å². The second-order valence-electron chi connectivity index (χ2n) is 24.2. The lowest BCUT2D eigenvalue weighted by molar-refractivity contribution is -0.151.